The molecule has 0 fully saturated rings. The van der Waals surface area contributed by atoms with Crippen molar-refractivity contribution >= 4 is 15.9 Å². The maximum Gasteiger partial charge on any atom is 0.127 e. The minimum Gasteiger partial charge on any atom is -0.271 e. The molecule has 0 unspecified atom stereocenters. The minimum atomic E-state index is 0.781. The zero-order valence-corrected chi connectivity index (χ0v) is 9.48. The molecule has 2 aromatic heterocycles. The fourth-order valence-corrected chi connectivity index (χ4v) is 1.71. The lowest BCUT2D eigenvalue weighted by Crippen LogP contribution is -1.92. The van der Waals surface area contributed by atoms with Crippen molar-refractivity contribution in [1.82, 2.24) is 19.7 Å². The summed E-state index contributed by atoms with van der Waals surface area (Å²) >= 11 is 3.49. The van der Waals surface area contributed by atoms with Crippen LogP contribution in [0.25, 0.3) is 11.4 Å². The summed E-state index contributed by atoms with van der Waals surface area (Å²) in [6.07, 6.45) is 5.01. The molecule has 14 heavy (non-hydrogen) atoms. The molecule has 0 bridgehead atoms. The molecule has 0 spiro atoms. The van der Waals surface area contributed by atoms with E-state index in [9.17, 15) is 0 Å². The highest BCUT2D eigenvalue weighted by atomic mass is 79.9. The minimum absolute atomic E-state index is 0.781. The van der Waals surface area contributed by atoms with Gasteiger partial charge in [0.2, 0.25) is 0 Å². The first kappa shape index (κ1) is 9.33. The zero-order chi connectivity index (χ0) is 10.1. The molecule has 0 N–H and O–H groups in total. The molecule has 0 aromatic carbocycles. The van der Waals surface area contributed by atoms with Crippen molar-refractivity contribution in [3.05, 3.63) is 28.8 Å². The van der Waals surface area contributed by atoms with Crippen LogP contribution in [0.3, 0.4) is 0 Å². The highest BCUT2D eigenvalue weighted by molar-refractivity contribution is 9.10. The summed E-state index contributed by atoms with van der Waals surface area (Å²) in [5, 5.41) is 4.35. The Balaban J connectivity index is 2.58. The third-order valence-electron chi connectivity index (χ3n) is 2.07. The van der Waals surface area contributed by atoms with Gasteiger partial charge in [0.05, 0.1) is 10.7 Å². The summed E-state index contributed by atoms with van der Waals surface area (Å²) in [4.78, 5) is 8.20. The van der Waals surface area contributed by atoms with Crippen molar-refractivity contribution in [3.63, 3.8) is 0 Å². The SMILES string of the molecule is Cc1c(Br)c(-c2cnccn2)nn1C. The Morgan fingerprint density at radius 3 is 2.64 bits per heavy atom. The molecule has 0 saturated carbocycles. The van der Waals surface area contributed by atoms with Gasteiger partial charge < -0.3 is 0 Å². The zero-order valence-electron chi connectivity index (χ0n) is 7.90. The van der Waals surface area contributed by atoms with Crippen molar-refractivity contribution in [2.45, 2.75) is 6.92 Å². The molecule has 5 heteroatoms. The highest BCUT2D eigenvalue weighted by Crippen LogP contribution is 2.27. The molecule has 0 aliphatic heterocycles. The predicted octanol–water partition coefficient (Wildman–Crippen LogP) is 1.95. The standard InChI is InChI=1S/C9H9BrN4/c1-6-8(10)9(13-14(6)2)7-5-11-3-4-12-7/h3-5H,1-2H3. The van der Waals surface area contributed by atoms with E-state index in [1.807, 2.05) is 18.7 Å². The Labute approximate surface area is 90.1 Å². The van der Waals surface area contributed by atoms with Crippen LogP contribution in [0.2, 0.25) is 0 Å². The van der Waals surface area contributed by atoms with Crippen LogP contribution in [0.4, 0.5) is 0 Å². The lowest BCUT2D eigenvalue weighted by molar-refractivity contribution is 0.741. The highest BCUT2D eigenvalue weighted by Gasteiger charge is 2.12. The number of hydrogen-bond acceptors (Lipinski definition) is 3. The van der Waals surface area contributed by atoms with E-state index in [1.54, 1.807) is 18.6 Å². The lowest BCUT2D eigenvalue weighted by atomic mass is 10.3. The van der Waals surface area contributed by atoms with Crippen molar-refractivity contribution in [2.75, 3.05) is 0 Å². The number of nitrogens with zero attached hydrogens (tertiary/aromatic N) is 4. The molecule has 0 radical (unpaired) electrons. The third kappa shape index (κ3) is 1.43. The van der Waals surface area contributed by atoms with Gasteiger partial charge in [0.15, 0.2) is 0 Å². The van der Waals surface area contributed by atoms with Gasteiger partial charge >= 0.3 is 0 Å². The number of aromatic nitrogens is 4. The van der Waals surface area contributed by atoms with Crippen LogP contribution in [0.5, 0.6) is 0 Å². The molecule has 0 aliphatic rings. The summed E-state index contributed by atoms with van der Waals surface area (Å²) < 4.78 is 2.79. The average molecular weight is 253 g/mol. The second-order valence-corrected chi connectivity index (χ2v) is 3.76. The van der Waals surface area contributed by atoms with E-state index < -0.39 is 0 Å². The van der Waals surface area contributed by atoms with Crippen LogP contribution < -0.4 is 0 Å². The van der Waals surface area contributed by atoms with E-state index in [0.717, 1.165) is 21.6 Å². The Kier molecular flexibility index (Phi) is 2.33. The average Bonchev–Trinajstić information content (AvgIpc) is 2.47. The molecule has 0 atom stereocenters. The molecule has 0 aliphatic carbocycles. The van der Waals surface area contributed by atoms with Gasteiger partial charge in [-0.1, -0.05) is 0 Å². The number of hydrogen-bond donors (Lipinski definition) is 0. The largest absolute Gasteiger partial charge is 0.271 e. The van der Waals surface area contributed by atoms with Gasteiger partial charge in [0.1, 0.15) is 11.4 Å². The van der Waals surface area contributed by atoms with Crippen LogP contribution in [0.1, 0.15) is 5.69 Å². The Hall–Kier alpha value is -1.23. The number of aryl methyl sites for hydroxylation is 1. The molecule has 2 aromatic rings. The maximum absolute atomic E-state index is 4.35. The van der Waals surface area contributed by atoms with Crippen LogP contribution in [-0.4, -0.2) is 19.7 Å². The molecule has 0 amide bonds. The second-order valence-electron chi connectivity index (χ2n) is 2.96. The quantitative estimate of drug-likeness (QED) is 0.780. The van der Waals surface area contributed by atoms with Crippen LogP contribution in [-0.2, 0) is 7.05 Å². The monoisotopic (exact) mass is 252 g/mol. The lowest BCUT2D eigenvalue weighted by Gasteiger charge is -1.93. The van der Waals surface area contributed by atoms with Crippen LogP contribution in [0.15, 0.2) is 23.1 Å². The molecule has 0 saturated heterocycles. The van der Waals surface area contributed by atoms with Gasteiger partial charge in [-0.2, -0.15) is 5.10 Å². The maximum atomic E-state index is 4.35. The van der Waals surface area contributed by atoms with Gasteiger partial charge in [0, 0.05) is 25.1 Å². The van der Waals surface area contributed by atoms with Gasteiger partial charge in [-0.15, -0.1) is 0 Å². The summed E-state index contributed by atoms with van der Waals surface area (Å²) in [6.45, 7) is 2.00. The topological polar surface area (TPSA) is 43.6 Å². The van der Waals surface area contributed by atoms with Gasteiger partial charge in [-0.25, -0.2) is 0 Å². The van der Waals surface area contributed by atoms with Gasteiger partial charge in [-0.3, -0.25) is 14.6 Å². The normalized spacial score (nSPS) is 10.5. The second kappa shape index (κ2) is 3.49. The fraction of sp³-hybridized carbons (Fsp3) is 0.222. The van der Waals surface area contributed by atoms with Crippen molar-refractivity contribution in [3.8, 4) is 11.4 Å². The van der Waals surface area contributed by atoms with Gasteiger partial charge in [-0.05, 0) is 22.9 Å². The first-order chi connectivity index (χ1) is 6.70. The fourth-order valence-electron chi connectivity index (χ4n) is 1.17. The van der Waals surface area contributed by atoms with Crippen molar-refractivity contribution < 1.29 is 0 Å². The summed E-state index contributed by atoms with van der Waals surface area (Å²) in [5.74, 6) is 0. The number of rotatable bonds is 1. The van der Waals surface area contributed by atoms with Crippen LogP contribution in [0, 0.1) is 6.92 Å². The van der Waals surface area contributed by atoms with Crippen molar-refractivity contribution in [1.29, 1.82) is 0 Å². The first-order valence-electron chi connectivity index (χ1n) is 4.15. The van der Waals surface area contributed by atoms with E-state index in [2.05, 4.69) is 31.0 Å². The van der Waals surface area contributed by atoms with E-state index in [0.29, 0.717) is 0 Å². The molecule has 72 valence electrons. The Bertz CT molecular complexity index is 449. The summed E-state index contributed by atoms with van der Waals surface area (Å²) in [7, 11) is 1.90. The van der Waals surface area contributed by atoms with E-state index in [4.69, 9.17) is 0 Å². The Morgan fingerprint density at radius 1 is 1.36 bits per heavy atom. The van der Waals surface area contributed by atoms with Crippen LogP contribution >= 0.6 is 15.9 Å². The summed E-state index contributed by atoms with van der Waals surface area (Å²) in [6, 6.07) is 0. The third-order valence-corrected chi connectivity index (χ3v) is 3.02. The molecular weight excluding hydrogens is 244 g/mol. The predicted molar refractivity (Wildman–Crippen MR) is 56.7 cm³/mol. The molecule has 2 rings (SSSR count). The first-order valence-corrected chi connectivity index (χ1v) is 4.95. The van der Waals surface area contributed by atoms with Crippen molar-refractivity contribution in [2.24, 2.45) is 7.05 Å². The number of halogens is 1. The smallest absolute Gasteiger partial charge is 0.127 e. The van der Waals surface area contributed by atoms with E-state index >= 15 is 0 Å². The molecule has 4 nitrogen and oxygen atoms in total. The van der Waals surface area contributed by atoms with Gasteiger partial charge in [0.25, 0.3) is 0 Å². The molecule has 2 heterocycles. The van der Waals surface area contributed by atoms with E-state index in [-0.39, 0.29) is 0 Å². The summed E-state index contributed by atoms with van der Waals surface area (Å²) in [5.41, 5.74) is 2.69. The Morgan fingerprint density at radius 2 is 2.14 bits per heavy atom. The molecular formula is C9H9BrN4. The van der Waals surface area contributed by atoms with E-state index in [1.165, 1.54) is 0 Å².